The Morgan fingerprint density at radius 2 is 1.96 bits per heavy atom. The third kappa shape index (κ3) is 3.05. The van der Waals surface area contributed by atoms with E-state index in [4.69, 9.17) is 4.74 Å². The van der Waals surface area contributed by atoms with E-state index in [0.29, 0.717) is 44.0 Å². The van der Waals surface area contributed by atoms with E-state index in [1.165, 1.54) is 13.3 Å². The number of carbonyl (C=O) groups is 2. The van der Waals surface area contributed by atoms with Gasteiger partial charge in [0.15, 0.2) is 0 Å². The molecule has 3 heterocycles. The molecule has 0 N–H and O–H groups in total. The molecule has 1 aromatic rings. The van der Waals surface area contributed by atoms with Gasteiger partial charge in [-0.1, -0.05) is 0 Å². The van der Waals surface area contributed by atoms with E-state index < -0.39 is 26.8 Å². The molecule has 1 aliphatic carbocycles. The maximum atomic E-state index is 13.1. The van der Waals surface area contributed by atoms with E-state index in [2.05, 4.69) is 14.4 Å². The van der Waals surface area contributed by atoms with Crippen LogP contribution in [0.5, 0.6) is 0 Å². The molecule has 26 heavy (non-hydrogen) atoms. The lowest BCUT2D eigenvalue weighted by atomic mass is 9.94. The Bertz CT molecular complexity index is 825. The van der Waals surface area contributed by atoms with Crippen LogP contribution in [0.3, 0.4) is 0 Å². The van der Waals surface area contributed by atoms with Gasteiger partial charge in [-0.25, -0.2) is 13.9 Å². The largest absolute Gasteiger partial charge is 0.371 e. The van der Waals surface area contributed by atoms with Crippen molar-refractivity contribution in [3.8, 4) is 0 Å². The van der Waals surface area contributed by atoms with Crippen molar-refractivity contribution in [2.24, 2.45) is 4.36 Å². The van der Waals surface area contributed by atoms with Crippen molar-refractivity contribution in [3.63, 3.8) is 0 Å². The van der Waals surface area contributed by atoms with E-state index in [9.17, 15) is 13.8 Å². The first-order valence-electron chi connectivity index (χ1n) is 8.88. The van der Waals surface area contributed by atoms with E-state index in [0.717, 1.165) is 12.8 Å². The van der Waals surface area contributed by atoms with Crippen LogP contribution >= 0.6 is 0 Å². The van der Waals surface area contributed by atoms with E-state index in [1.54, 1.807) is 11.0 Å². The van der Waals surface area contributed by atoms with Gasteiger partial charge in [-0.05, 0) is 25.7 Å². The first kappa shape index (κ1) is 17.6. The van der Waals surface area contributed by atoms with Crippen LogP contribution in [0.1, 0.15) is 32.6 Å². The van der Waals surface area contributed by atoms with Crippen molar-refractivity contribution in [1.82, 2.24) is 19.7 Å². The summed E-state index contributed by atoms with van der Waals surface area (Å²) in [4.78, 5) is 30.2. The van der Waals surface area contributed by atoms with Crippen molar-refractivity contribution in [1.29, 1.82) is 0 Å². The van der Waals surface area contributed by atoms with Crippen LogP contribution in [-0.2, 0) is 29.6 Å². The van der Waals surface area contributed by atoms with E-state index in [-0.39, 0.29) is 5.91 Å². The second-order valence-electron chi connectivity index (χ2n) is 7.42. The number of nitrogens with zero attached hydrogens (tertiary/aromatic N) is 5. The average molecular weight is 381 g/mol. The minimum absolute atomic E-state index is 0.0606. The number of ether oxygens (including phenoxy) is 1. The molecule has 0 atom stereocenters. The van der Waals surface area contributed by atoms with Crippen molar-refractivity contribution in [2.45, 2.75) is 43.7 Å². The average Bonchev–Trinajstić information content (AvgIpc) is 3.23. The summed E-state index contributed by atoms with van der Waals surface area (Å²) in [6, 6.07) is 0. The molecule has 1 saturated carbocycles. The van der Waals surface area contributed by atoms with E-state index >= 15 is 0 Å². The standard InChI is InChI=1S/C16H23N5O4S/c1-13(22)19-26(24)8-4-15(5-9-26)10-20(6-7-25-15)14(23)16(2-3-16)21-12-17-11-18-21/h11-12H,2-10H2,1H3. The molecule has 0 unspecified atom stereocenters. The number of amides is 2. The molecule has 2 aliphatic heterocycles. The molecule has 3 fully saturated rings. The fraction of sp³-hybridized carbons (Fsp3) is 0.750. The first-order chi connectivity index (χ1) is 12.4. The summed E-state index contributed by atoms with van der Waals surface area (Å²) in [7, 11) is -2.48. The summed E-state index contributed by atoms with van der Waals surface area (Å²) < 4.78 is 24.1. The highest BCUT2D eigenvalue weighted by molar-refractivity contribution is 7.93. The Balaban J connectivity index is 1.48. The van der Waals surface area contributed by atoms with Crippen LogP contribution in [0.25, 0.3) is 0 Å². The quantitative estimate of drug-likeness (QED) is 0.723. The highest BCUT2D eigenvalue weighted by Crippen LogP contribution is 2.45. The normalized spacial score (nSPS) is 33.0. The maximum absolute atomic E-state index is 13.1. The van der Waals surface area contributed by atoms with Gasteiger partial charge >= 0.3 is 0 Å². The van der Waals surface area contributed by atoms with Gasteiger partial charge in [-0.15, -0.1) is 0 Å². The van der Waals surface area contributed by atoms with Crippen LogP contribution in [0.4, 0.5) is 0 Å². The van der Waals surface area contributed by atoms with Crippen molar-refractivity contribution in [2.75, 3.05) is 31.2 Å². The molecule has 4 rings (SSSR count). The summed E-state index contributed by atoms with van der Waals surface area (Å²) in [6.45, 7) is 2.82. The highest BCUT2D eigenvalue weighted by atomic mass is 32.2. The third-order valence-electron chi connectivity index (χ3n) is 5.56. The molecule has 2 saturated heterocycles. The Kier molecular flexibility index (Phi) is 4.14. The molecule has 142 valence electrons. The summed E-state index contributed by atoms with van der Waals surface area (Å²) in [5.41, 5.74) is -1.08. The topological polar surface area (TPSA) is 107 Å². The summed E-state index contributed by atoms with van der Waals surface area (Å²) in [5, 5.41) is 4.16. The first-order valence-corrected chi connectivity index (χ1v) is 10.7. The third-order valence-corrected chi connectivity index (χ3v) is 7.84. The van der Waals surface area contributed by atoms with Gasteiger partial charge in [-0.3, -0.25) is 9.59 Å². The fourth-order valence-corrected chi connectivity index (χ4v) is 6.18. The van der Waals surface area contributed by atoms with Gasteiger partial charge in [0.1, 0.15) is 18.2 Å². The molecule has 0 radical (unpaired) electrons. The van der Waals surface area contributed by atoms with Gasteiger partial charge < -0.3 is 9.64 Å². The van der Waals surface area contributed by atoms with Gasteiger partial charge in [-0.2, -0.15) is 9.46 Å². The molecule has 2 amide bonds. The lowest BCUT2D eigenvalue weighted by Crippen LogP contribution is -2.58. The zero-order chi connectivity index (χ0) is 18.4. The molecular weight excluding hydrogens is 358 g/mol. The van der Waals surface area contributed by atoms with Gasteiger partial charge in [0.25, 0.3) is 11.8 Å². The fourth-order valence-electron chi connectivity index (χ4n) is 3.95. The van der Waals surface area contributed by atoms with E-state index in [1.807, 2.05) is 4.90 Å². The predicted molar refractivity (Wildman–Crippen MR) is 92.7 cm³/mol. The number of rotatable bonds is 2. The molecule has 1 aromatic heterocycles. The monoisotopic (exact) mass is 381 g/mol. The van der Waals surface area contributed by atoms with Crippen molar-refractivity contribution < 1.29 is 18.5 Å². The lowest BCUT2D eigenvalue weighted by molar-refractivity contribution is -0.156. The second-order valence-corrected chi connectivity index (χ2v) is 9.97. The molecule has 10 heteroatoms. The Morgan fingerprint density at radius 1 is 1.23 bits per heavy atom. The van der Waals surface area contributed by atoms with Crippen molar-refractivity contribution in [3.05, 3.63) is 12.7 Å². The predicted octanol–water partition coefficient (Wildman–Crippen LogP) is 0.173. The minimum Gasteiger partial charge on any atom is -0.371 e. The van der Waals surface area contributed by atoms with Gasteiger partial charge in [0.2, 0.25) is 0 Å². The van der Waals surface area contributed by atoms with Gasteiger partial charge in [0, 0.05) is 31.5 Å². The summed E-state index contributed by atoms with van der Waals surface area (Å²) in [6.07, 6.45) is 5.67. The molecule has 0 bridgehead atoms. The summed E-state index contributed by atoms with van der Waals surface area (Å²) in [5.74, 6) is 0.340. The Labute approximate surface area is 152 Å². The van der Waals surface area contributed by atoms with Crippen LogP contribution in [-0.4, -0.2) is 72.5 Å². The number of hydrogen-bond donors (Lipinski definition) is 0. The van der Waals surface area contributed by atoms with Gasteiger partial charge in [0.05, 0.1) is 21.9 Å². The SMILES string of the molecule is CC(=O)N=S1(=O)CCC2(CC1)CN(C(=O)C1(n3cncn3)CC1)CCO2. The lowest BCUT2D eigenvalue weighted by Gasteiger charge is -2.46. The molecule has 3 aliphatic rings. The molecule has 1 spiro atoms. The minimum atomic E-state index is -2.48. The van der Waals surface area contributed by atoms with Crippen LogP contribution < -0.4 is 0 Å². The maximum Gasteiger partial charge on any atom is 0.250 e. The molecular formula is C16H23N5O4S. The number of carbonyl (C=O) groups excluding carboxylic acids is 2. The molecule has 0 aromatic carbocycles. The smallest absolute Gasteiger partial charge is 0.250 e. The molecule has 9 nitrogen and oxygen atoms in total. The van der Waals surface area contributed by atoms with Crippen LogP contribution in [0.15, 0.2) is 17.0 Å². The zero-order valence-electron chi connectivity index (χ0n) is 14.8. The second kappa shape index (κ2) is 6.12. The zero-order valence-corrected chi connectivity index (χ0v) is 15.6. The number of hydrogen-bond acceptors (Lipinski definition) is 6. The van der Waals surface area contributed by atoms with Crippen molar-refractivity contribution >= 4 is 21.5 Å². The Morgan fingerprint density at radius 3 is 2.54 bits per heavy atom. The van der Waals surface area contributed by atoms with Crippen LogP contribution in [0.2, 0.25) is 0 Å². The number of aromatic nitrogens is 3. The Hall–Kier alpha value is -1.81. The number of morpholine rings is 1. The van der Waals surface area contributed by atoms with Crippen LogP contribution in [0, 0.1) is 0 Å². The highest BCUT2D eigenvalue weighted by Gasteiger charge is 2.56. The summed E-state index contributed by atoms with van der Waals surface area (Å²) >= 11 is 0.